The van der Waals surface area contributed by atoms with Crippen LogP contribution in [0.1, 0.15) is 30.2 Å². The Balaban J connectivity index is 1.56. The average molecular weight is 396 g/mol. The Kier molecular flexibility index (Phi) is 5.32. The fourth-order valence-corrected chi connectivity index (χ4v) is 3.52. The van der Waals surface area contributed by atoms with E-state index in [2.05, 4.69) is 15.3 Å². The van der Waals surface area contributed by atoms with E-state index >= 15 is 0 Å². The molecule has 1 saturated heterocycles. The average Bonchev–Trinajstić information content (AvgIpc) is 3.22. The molecule has 5 N–H and O–H groups in total. The number of nitrogens with zero attached hydrogens (tertiary/aromatic N) is 2. The standard InChI is InChI=1S/C21H22ClN5O/c22-15-7-3-13(4-8-15)12-25-16-9-5-14(6-10-16)18-19(17-2-1-11-28-17)26-21(24)27-20(18)23/h3-10,17,25H,1-2,11-12H2,(H4,23,24,26,27). The van der Waals surface area contributed by atoms with Crippen LogP contribution in [0.15, 0.2) is 48.5 Å². The van der Waals surface area contributed by atoms with E-state index in [-0.39, 0.29) is 12.1 Å². The zero-order chi connectivity index (χ0) is 19.5. The lowest BCUT2D eigenvalue weighted by atomic mass is 10.00. The summed E-state index contributed by atoms with van der Waals surface area (Å²) < 4.78 is 5.81. The summed E-state index contributed by atoms with van der Waals surface area (Å²) in [6, 6.07) is 15.8. The molecule has 0 bridgehead atoms. The molecule has 6 nitrogen and oxygen atoms in total. The second kappa shape index (κ2) is 8.04. The molecule has 1 aromatic heterocycles. The SMILES string of the molecule is Nc1nc(N)c(-c2ccc(NCc3ccc(Cl)cc3)cc2)c(C2CCCO2)n1. The first-order chi connectivity index (χ1) is 13.6. The van der Waals surface area contributed by atoms with Crippen molar-refractivity contribution < 1.29 is 4.74 Å². The van der Waals surface area contributed by atoms with Crippen LogP contribution in [0.2, 0.25) is 5.02 Å². The zero-order valence-electron chi connectivity index (χ0n) is 15.4. The number of nitrogens with one attached hydrogen (secondary N) is 1. The second-order valence-corrected chi connectivity index (χ2v) is 7.22. The fourth-order valence-electron chi connectivity index (χ4n) is 3.40. The predicted octanol–water partition coefficient (Wildman–Crippen LogP) is 4.43. The summed E-state index contributed by atoms with van der Waals surface area (Å²) in [5.41, 5.74) is 16.7. The van der Waals surface area contributed by atoms with Crippen molar-refractivity contribution in [3.05, 3.63) is 64.8 Å². The van der Waals surface area contributed by atoms with Crippen molar-refractivity contribution in [3.8, 4) is 11.1 Å². The maximum Gasteiger partial charge on any atom is 0.222 e. The van der Waals surface area contributed by atoms with Gasteiger partial charge in [0.15, 0.2) is 0 Å². The van der Waals surface area contributed by atoms with E-state index in [0.29, 0.717) is 12.4 Å². The number of nitrogen functional groups attached to an aromatic ring is 2. The minimum atomic E-state index is -0.0923. The van der Waals surface area contributed by atoms with Gasteiger partial charge in [-0.05, 0) is 48.2 Å². The van der Waals surface area contributed by atoms with Crippen LogP contribution in [-0.4, -0.2) is 16.6 Å². The number of hydrogen-bond acceptors (Lipinski definition) is 6. The van der Waals surface area contributed by atoms with Crippen molar-refractivity contribution in [1.29, 1.82) is 0 Å². The van der Waals surface area contributed by atoms with Gasteiger partial charge in [0, 0.05) is 29.4 Å². The van der Waals surface area contributed by atoms with Crippen LogP contribution in [0.3, 0.4) is 0 Å². The van der Waals surface area contributed by atoms with E-state index in [9.17, 15) is 0 Å². The molecule has 0 amide bonds. The molecule has 0 saturated carbocycles. The quantitative estimate of drug-likeness (QED) is 0.591. The van der Waals surface area contributed by atoms with Gasteiger partial charge in [-0.3, -0.25) is 0 Å². The second-order valence-electron chi connectivity index (χ2n) is 6.79. The molecule has 1 aliphatic heterocycles. The van der Waals surface area contributed by atoms with Crippen LogP contribution in [0.5, 0.6) is 0 Å². The highest BCUT2D eigenvalue weighted by molar-refractivity contribution is 6.30. The maximum atomic E-state index is 6.19. The molecule has 0 aliphatic carbocycles. The summed E-state index contributed by atoms with van der Waals surface area (Å²) >= 11 is 5.93. The van der Waals surface area contributed by atoms with Crippen LogP contribution in [-0.2, 0) is 11.3 Å². The molecule has 28 heavy (non-hydrogen) atoms. The highest BCUT2D eigenvalue weighted by Gasteiger charge is 2.25. The van der Waals surface area contributed by atoms with Gasteiger partial charge in [-0.2, -0.15) is 4.98 Å². The Bertz CT molecular complexity index is 954. The number of aromatic nitrogens is 2. The lowest BCUT2D eigenvalue weighted by Crippen LogP contribution is -2.10. The molecular weight excluding hydrogens is 374 g/mol. The molecular formula is C21H22ClN5O. The van der Waals surface area contributed by atoms with Crippen LogP contribution in [0.4, 0.5) is 17.5 Å². The zero-order valence-corrected chi connectivity index (χ0v) is 16.1. The largest absolute Gasteiger partial charge is 0.383 e. The molecule has 3 aromatic rings. The number of hydrogen-bond donors (Lipinski definition) is 3. The molecule has 1 atom stereocenters. The number of anilines is 3. The third-order valence-electron chi connectivity index (χ3n) is 4.80. The molecule has 1 aliphatic rings. The minimum Gasteiger partial charge on any atom is -0.383 e. The van der Waals surface area contributed by atoms with E-state index in [1.165, 1.54) is 0 Å². The highest BCUT2D eigenvalue weighted by atomic mass is 35.5. The molecule has 0 radical (unpaired) electrons. The number of nitrogens with two attached hydrogens (primary N) is 2. The Morgan fingerprint density at radius 3 is 2.46 bits per heavy atom. The Morgan fingerprint density at radius 2 is 1.79 bits per heavy atom. The summed E-state index contributed by atoms with van der Waals surface area (Å²) in [5, 5.41) is 4.14. The fraction of sp³-hybridized carbons (Fsp3) is 0.238. The number of benzene rings is 2. The Hall–Kier alpha value is -2.83. The summed E-state index contributed by atoms with van der Waals surface area (Å²) in [5.74, 6) is 0.549. The molecule has 144 valence electrons. The van der Waals surface area contributed by atoms with E-state index < -0.39 is 0 Å². The van der Waals surface area contributed by atoms with Gasteiger partial charge in [0.25, 0.3) is 0 Å². The number of rotatable bonds is 5. The molecule has 0 spiro atoms. The highest BCUT2D eigenvalue weighted by Crippen LogP contribution is 2.37. The normalized spacial score (nSPS) is 16.2. The third kappa shape index (κ3) is 4.03. The summed E-state index contributed by atoms with van der Waals surface area (Å²) in [6.07, 6.45) is 1.82. The Morgan fingerprint density at radius 1 is 1.04 bits per heavy atom. The van der Waals surface area contributed by atoms with Crippen molar-refractivity contribution in [2.24, 2.45) is 0 Å². The van der Waals surface area contributed by atoms with Gasteiger partial charge in [-0.1, -0.05) is 35.9 Å². The summed E-state index contributed by atoms with van der Waals surface area (Å²) in [4.78, 5) is 8.58. The maximum absolute atomic E-state index is 6.19. The first kappa shape index (κ1) is 18.5. The first-order valence-electron chi connectivity index (χ1n) is 9.23. The van der Waals surface area contributed by atoms with Gasteiger partial charge in [-0.25, -0.2) is 4.98 Å². The molecule has 7 heteroatoms. The van der Waals surface area contributed by atoms with Gasteiger partial charge < -0.3 is 21.5 Å². The van der Waals surface area contributed by atoms with E-state index in [1.54, 1.807) is 0 Å². The van der Waals surface area contributed by atoms with E-state index in [1.807, 2.05) is 48.5 Å². The van der Waals surface area contributed by atoms with Gasteiger partial charge in [0.1, 0.15) is 11.9 Å². The van der Waals surface area contributed by atoms with E-state index in [0.717, 1.165) is 52.5 Å². The van der Waals surface area contributed by atoms with E-state index in [4.69, 9.17) is 27.8 Å². The molecule has 1 unspecified atom stereocenters. The predicted molar refractivity (Wildman–Crippen MR) is 113 cm³/mol. The van der Waals surface area contributed by atoms with Crippen molar-refractivity contribution in [2.45, 2.75) is 25.5 Å². The van der Waals surface area contributed by atoms with Crippen LogP contribution >= 0.6 is 11.6 Å². The molecule has 1 fully saturated rings. The molecule has 4 rings (SSSR count). The van der Waals surface area contributed by atoms with Gasteiger partial charge >= 0.3 is 0 Å². The van der Waals surface area contributed by atoms with Gasteiger partial charge in [0.05, 0.1) is 5.69 Å². The lowest BCUT2D eigenvalue weighted by Gasteiger charge is -2.17. The van der Waals surface area contributed by atoms with Crippen LogP contribution in [0, 0.1) is 0 Å². The van der Waals surface area contributed by atoms with Gasteiger partial charge in [-0.15, -0.1) is 0 Å². The van der Waals surface area contributed by atoms with Crippen molar-refractivity contribution in [1.82, 2.24) is 9.97 Å². The van der Waals surface area contributed by atoms with Crippen molar-refractivity contribution in [2.75, 3.05) is 23.4 Å². The summed E-state index contributed by atoms with van der Waals surface area (Å²) in [7, 11) is 0. The van der Waals surface area contributed by atoms with Crippen molar-refractivity contribution in [3.63, 3.8) is 0 Å². The lowest BCUT2D eigenvalue weighted by molar-refractivity contribution is 0.109. The number of halogens is 1. The third-order valence-corrected chi connectivity index (χ3v) is 5.05. The van der Waals surface area contributed by atoms with Crippen LogP contribution < -0.4 is 16.8 Å². The summed E-state index contributed by atoms with van der Waals surface area (Å²) in [6.45, 7) is 1.44. The first-order valence-corrected chi connectivity index (χ1v) is 9.61. The monoisotopic (exact) mass is 395 g/mol. The smallest absolute Gasteiger partial charge is 0.222 e. The minimum absolute atomic E-state index is 0.0923. The Labute approximate surface area is 168 Å². The molecule has 2 aromatic carbocycles. The van der Waals surface area contributed by atoms with Gasteiger partial charge in [0.2, 0.25) is 5.95 Å². The number of ether oxygens (including phenoxy) is 1. The van der Waals surface area contributed by atoms with Crippen molar-refractivity contribution >= 4 is 29.1 Å². The topological polar surface area (TPSA) is 99.1 Å². The molecule has 2 heterocycles. The van der Waals surface area contributed by atoms with Crippen LogP contribution in [0.25, 0.3) is 11.1 Å².